The molecule has 0 spiro atoms. The van der Waals surface area contributed by atoms with Gasteiger partial charge in [-0.25, -0.2) is 0 Å². The van der Waals surface area contributed by atoms with E-state index in [9.17, 15) is 19.4 Å². The summed E-state index contributed by atoms with van der Waals surface area (Å²) in [5.74, 6) is -0.426. The highest BCUT2D eigenvalue weighted by atomic mass is 31.2. The molecule has 0 aromatic heterocycles. The number of quaternary nitrogens is 1. The normalized spacial score (nSPS) is 14.9. The Bertz CT molecular complexity index is 1070. The number of hydrogen-bond donors (Lipinski definition) is 1. The number of rotatable bonds is 38. The molecule has 0 heterocycles. The van der Waals surface area contributed by atoms with Gasteiger partial charge in [-0.2, -0.15) is 0 Å². The van der Waals surface area contributed by atoms with E-state index in [2.05, 4.69) is 50.3 Å². The number of carbonyl (C=O) groups is 1. The van der Waals surface area contributed by atoms with E-state index in [1.165, 1.54) is 70.6 Å². The van der Waals surface area contributed by atoms with Crippen LogP contribution in [0.3, 0.4) is 0 Å². The minimum absolute atomic E-state index is 0.00296. The van der Waals surface area contributed by atoms with E-state index in [-0.39, 0.29) is 32.3 Å². The van der Waals surface area contributed by atoms with Crippen LogP contribution in [-0.4, -0.2) is 75.3 Å². The first-order valence-corrected chi connectivity index (χ1v) is 22.6. The zero-order chi connectivity index (χ0) is 40.0. The lowest BCUT2D eigenvalue weighted by Gasteiger charge is -2.28. The van der Waals surface area contributed by atoms with Crippen molar-refractivity contribution in [2.45, 2.75) is 167 Å². The fourth-order valence-electron chi connectivity index (χ4n) is 5.35. The predicted octanol–water partition coefficient (Wildman–Crippen LogP) is 10.8. The number of nitrogens with zero attached hydrogens (tertiary/aromatic N) is 1. The van der Waals surface area contributed by atoms with Crippen LogP contribution in [0.5, 0.6) is 0 Å². The summed E-state index contributed by atoms with van der Waals surface area (Å²) in [6.45, 7) is 4.49. The molecule has 0 radical (unpaired) electrons. The molecule has 0 saturated carbocycles. The second kappa shape index (κ2) is 36.6. The molecule has 0 aliphatic carbocycles. The highest BCUT2D eigenvalue weighted by molar-refractivity contribution is 7.45. The highest BCUT2D eigenvalue weighted by Gasteiger charge is 2.20. The molecular weight excluding hydrogens is 701 g/mol. The van der Waals surface area contributed by atoms with Crippen molar-refractivity contribution >= 4 is 13.8 Å². The Labute approximate surface area is 331 Å². The van der Waals surface area contributed by atoms with E-state index in [4.69, 9.17) is 18.5 Å². The van der Waals surface area contributed by atoms with Gasteiger partial charge in [0.15, 0.2) is 6.10 Å². The molecule has 1 unspecified atom stereocenters. The fourth-order valence-corrected chi connectivity index (χ4v) is 6.07. The lowest BCUT2D eigenvalue weighted by atomic mass is 10.0. The van der Waals surface area contributed by atoms with Gasteiger partial charge in [0, 0.05) is 6.42 Å². The lowest BCUT2D eigenvalue weighted by molar-refractivity contribution is -0.870. The molecule has 0 aliphatic heterocycles. The number of allylic oxidation sites excluding steroid dienone is 8. The van der Waals surface area contributed by atoms with E-state index in [0.717, 1.165) is 57.8 Å². The molecule has 0 rings (SSSR count). The molecule has 9 nitrogen and oxygen atoms in total. The van der Waals surface area contributed by atoms with Crippen LogP contribution in [0.25, 0.3) is 0 Å². The number of ether oxygens (including phenoxy) is 2. The van der Waals surface area contributed by atoms with Crippen molar-refractivity contribution in [3.8, 4) is 0 Å². The Morgan fingerprint density at radius 3 is 1.81 bits per heavy atom. The summed E-state index contributed by atoms with van der Waals surface area (Å²) in [6.07, 6.45) is 42.4. The monoisotopic (exact) mass is 782 g/mol. The first-order valence-electron chi connectivity index (χ1n) is 21.2. The minimum Gasteiger partial charge on any atom is -0.756 e. The Hall–Kier alpha value is -2.00. The lowest BCUT2D eigenvalue weighted by Crippen LogP contribution is -2.37. The van der Waals surface area contributed by atoms with Gasteiger partial charge in [-0.1, -0.05) is 146 Å². The molecule has 314 valence electrons. The average Bonchev–Trinajstić information content (AvgIpc) is 3.12. The summed E-state index contributed by atoms with van der Waals surface area (Å²) in [5.41, 5.74) is 0. The van der Waals surface area contributed by atoms with Gasteiger partial charge in [0.25, 0.3) is 7.82 Å². The number of phosphoric ester groups is 1. The predicted molar refractivity (Wildman–Crippen MR) is 223 cm³/mol. The molecule has 10 heteroatoms. The molecule has 3 atom stereocenters. The van der Waals surface area contributed by atoms with Gasteiger partial charge in [0.1, 0.15) is 19.8 Å². The number of hydrogen-bond acceptors (Lipinski definition) is 8. The van der Waals surface area contributed by atoms with Gasteiger partial charge in [0.2, 0.25) is 0 Å². The number of aliphatic hydroxyl groups excluding tert-OH is 1. The number of phosphoric acid groups is 1. The molecular formula is C44H80NO8P. The van der Waals surface area contributed by atoms with Crippen LogP contribution in [-0.2, 0) is 27.9 Å². The van der Waals surface area contributed by atoms with Gasteiger partial charge >= 0.3 is 5.97 Å². The first kappa shape index (κ1) is 52.0. The quantitative estimate of drug-likeness (QED) is 0.0164. The second-order valence-corrected chi connectivity index (χ2v) is 16.6. The number of esters is 1. The molecule has 0 aliphatic rings. The minimum atomic E-state index is -4.56. The maximum atomic E-state index is 12.6. The van der Waals surface area contributed by atoms with Crippen molar-refractivity contribution < 1.29 is 42.4 Å². The van der Waals surface area contributed by atoms with Crippen molar-refractivity contribution in [1.82, 2.24) is 0 Å². The Morgan fingerprint density at radius 1 is 0.685 bits per heavy atom. The maximum absolute atomic E-state index is 12.6. The average molecular weight is 782 g/mol. The van der Waals surface area contributed by atoms with E-state index in [0.29, 0.717) is 17.4 Å². The second-order valence-electron chi connectivity index (χ2n) is 15.2. The Morgan fingerprint density at radius 2 is 1.22 bits per heavy atom. The third-order valence-electron chi connectivity index (χ3n) is 8.71. The number of aliphatic hydroxyl groups is 1. The number of unbranched alkanes of at least 4 members (excludes halogenated alkanes) is 14. The van der Waals surface area contributed by atoms with E-state index < -0.39 is 19.9 Å². The largest absolute Gasteiger partial charge is 0.756 e. The van der Waals surface area contributed by atoms with Crippen LogP contribution in [0, 0.1) is 0 Å². The molecule has 0 aromatic carbocycles. The third-order valence-corrected chi connectivity index (χ3v) is 9.67. The molecule has 0 aromatic rings. The van der Waals surface area contributed by atoms with Crippen molar-refractivity contribution in [2.24, 2.45) is 0 Å². The molecule has 0 amide bonds. The van der Waals surface area contributed by atoms with Crippen LogP contribution in [0.1, 0.15) is 155 Å². The van der Waals surface area contributed by atoms with E-state index in [1.807, 2.05) is 39.4 Å². The van der Waals surface area contributed by atoms with Crippen molar-refractivity contribution in [1.29, 1.82) is 0 Å². The fraction of sp³-hybridized carbons (Fsp3) is 0.750. The first-order chi connectivity index (χ1) is 26.0. The molecule has 1 N–H and O–H groups in total. The SMILES string of the molecule is CCCCCCCCCCCCCC/C=C/OC[C@H](COP(=O)([O-])OCC[N+](C)(C)C)OC(=O)CCC/C=C\C/C=C\C/C=C\C/C=C\[C@H](O)CCCC. The third kappa shape index (κ3) is 39.7. The Kier molecular flexibility index (Phi) is 35.3. The van der Waals surface area contributed by atoms with Crippen molar-refractivity contribution in [2.75, 3.05) is 47.5 Å². The summed E-state index contributed by atoms with van der Waals surface area (Å²) in [4.78, 5) is 25.0. The van der Waals surface area contributed by atoms with Crippen molar-refractivity contribution in [3.05, 3.63) is 60.9 Å². The molecule has 0 fully saturated rings. The standard InChI is InChI=1S/C44H80NO8P/c1-6-8-10-11-12-13-14-15-18-21-24-27-30-33-38-50-40-43(41-52-54(48,49)51-39-37-45(3,4)5)53-44(47)36-32-29-26-23-20-17-16-19-22-25-28-31-35-42(46)34-9-7-2/h16-17,22-23,25-26,31,33,35,38,42-43,46H,6-15,18-21,24,27-30,32,34,36-37,39-41H2,1-5H3/b17-16-,25-22-,26-23-,35-31-,38-33+/t42-,43-/m1/s1. The summed E-state index contributed by atoms with van der Waals surface area (Å²) in [7, 11) is 1.26. The Balaban J connectivity index is 4.46. The van der Waals surface area contributed by atoms with Crippen LogP contribution in [0.4, 0.5) is 0 Å². The zero-order valence-electron chi connectivity index (χ0n) is 35.0. The number of carbonyl (C=O) groups excluding carboxylic acids is 1. The van der Waals surface area contributed by atoms with Gasteiger partial charge in [0.05, 0.1) is 40.1 Å². The van der Waals surface area contributed by atoms with Crippen LogP contribution in [0.2, 0.25) is 0 Å². The molecule has 54 heavy (non-hydrogen) atoms. The van der Waals surface area contributed by atoms with E-state index in [1.54, 1.807) is 6.26 Å². The summed E-state index contributed by atoms with van der Waals surface area (Å²) in [6, 6.07) is 0. The van der Waals surface area contributed by atoms with Crippen LogP contribution in [0.15, 0.2) is 60.9 Å². The van der Waals surface area contributed by atoms with Gasteiger partial charge in [-0.05, 0) is 57.4 Å². The molecule has 0 bridgehead atoms. The van der Waals surface area contributed by atoms with Gasteiger partial charge in [-0.15, -0.1) is 0 Å². The topological polar surface area (TPSA) is 114 Å². The zero-order valence-corrected chi connectivity index (χ0v) is 35.9. The molecule has 0 saturated heterocycles. The van der Waals surface area contributed by atoms with E-state index >= 15 is 0 Å². The summed E-state index contributed by atoms with van der Waals surface area (Å²) < 4.78 is 34.2. The number of likely N-dealkylation sites (N-methyl/N-ethyl adjacent to an activating group) is 1. The smallest absolute Gasteiger partial charge is 0.306 e. The summed E-state index contributed by atoms with van der Waals surface area (Å²) >= 11 is 0. The van der Waals surface area contributed by atoms with Gasteiger partial charge in [-0.3, -0.25) is 9.36 Å². The summed E-state index contributed by atoms with van der Waals surface area (Å²) in [5, 5.41) is 9.82. The van der Waals surface area contributed by atoms with Gasteiger partial charge < -0.3 is 33.0 Å². The van der Waals surface area contributed by atoms with Crippen LogP contribution < -0.4 is 4.89 Å². The van der Waals surface area contributed by atoms with Crippen molar-refractivity contribution in [3.63, 3.8) is 0 Å². The highest BCUT2D eigenvalue weighted by Crippen LogP contribution is 2.38. The maximum Gasteiger partial charge on any atom is 0.306 e. The van der Waals surface area contributed by atoms with Crippen LogP contribution >= 0.6 is 7.82 Å².